The molecule has 1 aliphatic rings. The smallest absolute Gasteiger partial charge is 0.337 e. The first kappa shape index (κ1) is 9.97. The van der Waals surface area contributed by atoms with E-state index in [-0.39, 0.29) is 22.1 Å². The van der Waals surface area contributed by atoms with Gasteiger partial charge in [-0.3, -0.25) is 0 Å². The molecule has 80 valence electrons. The topological polar surface area (TPSA) is 69.7 Å². The minimum absolute atomic E-state index is 0.0467. The van der Waals surface area contributed by atoms with Gasteiger partial charge in [-0.15, -0.1) is 0 Å². The highest BCUT2D eigenvalue weighted by Gasteiger charge is 2.28. The van der Waals surface area contributed by atoms with Gasteiger partial charge < -0.3 is 9.47 Å². The number of fused-ring (bicyclic) bond motifs is 1. The van der Waals surface area contributed by atoms with E-state index in [1.165, 1.54) is 25.3 Å². The van der Waals surface area contributed by atoms with Gasteiger partial charge in [-0.25, -0.2) is 13.2 Å². The van der Waals surface area contributed by atoms with Gasteiger partial charge in [-0.05, 0) is 18.2 Å². The van der Waals surface area contributed by atoms with Crippen molar-refractivity contribution in [2.75, 3.05) is 13.0 Å². The number of benzene rings is 1. The van der Waals surface area contributed by atoms with Gasteiger partial charge in [0.2, 0.25) is 9.84 Å². The summed E-state index contributed by atoms with van der Waals surface area (Å²) in [5, 5.41) is 0. The summed E-state index contributed by atoms with van der Waals surface area (Å²) in [7, 11) is -2.16. The monoisotopic (exact) mass is 228 g/mol. The molecule has 0 amide bonds. The predicted molar refractivity (Wildman–Crippen MR) is 50.5 cm³/mol. The van der Waals surface area contributed by atoms with E-state index in [0.717, 1.165) is 0 Å². The third kappa shape index (κ3) is 1.56. The zero-order chi connectivity index (χ0) is 11.1. The maximum absolute atomic E-state index is 11.4. The molecule has 0 N–H and O–H groups in total. The van der Waals surface area contributed by atoms with Crippen LogP contribution in [0.2, 0.25) is 0 Å². The molecule has 1 aromatic carbocycles. The molecule has 0 aliphatic carbocycles. The third-order valence-corrected chi connectivity index (χ3v) is 3.49. The molecule has 1 aliphatic heterocycles. The second kappa shape index (κ2) is 3.23. The van der Waals surface area contributed by atoms with Crippen LogP contribution in [0.5, 0.6) is 5.75 Å². The summed E-state index contributed by atoms with van der Waals surface area (Å²) in [6.07, 6.45) is 0. The van der Waals surface area contributed by atoms with E-state index in [1.807, 2.05) is 0 Å². The fraction of sp³-hybridized carbons (Fsp3) is 0.222. The summed E-state index contributed by atoms with van der Waals surface area (Å²) < 4.78 is 32.3. The van der Waals surface area contributed by atoms with E-state index in [2.05, 4.69) is 4.74 Å². The molecule has 0 atom stereocenters. The van der Waals surface area contributed by atoms with E-state index in [4.69, 9.17) is 4.74 Å². The normalized spacial score (nSPS) is 16.6. The van der Waals surface area contributed by atoms with Crippen molar-refractivity contribution in [1.82, 2.24) is 0 Å². The Morgan fingerprint density at radius 1 is 1.47 bits per heavy atom. The SMILES string of the molecule is COC(=O)c1ccc2c(c1)S(=O)(=O)CO2. The lowest BCUT2D eigenvalue weighted by atomic mass is 10.2. The highest BCUT2D eigenvalue weighted by Crippen LogP contribution is 2.31. The van der Waals surface area contributed by atoms with Crippen molar-refractivity contribution < 1.29 is 22.7 Å². The molecule has 0 saturated carbocycles. The van der Waals surface area contributed by atoms with E-state index in [9.17, 15) is 13.2 Å². The van der Waals surface area contributed by atoms with Gasteiger partial charge in [0, 0.05) is 0 Å². The molecule has 0 unspecified atom stereocenters. The van der Waals surface area contributed by atoms with Crippen molar-refractivity contribution in [3.05, 3.63) is 23.8 Å². The number of esters is 1. The van der Waals surface area contributed by atoms with Crippen LogP contribution in [0.1, 0.15) is 10.4 Å². The van der Waals surface area contributed by atoms with Crippen LogP contribution in [-0.2, 0) is 14.6 Å². The van der Waals surface area contributed by atoms with Crippen LogP contribution in [0.3, 0.4) is 0 Å². The second-order valence-electron chi connectivity index (χ2n) is 3.03. The fourth-order valence-corrected chi connectivity index (χ4v) is 2.47. The van der Waals surface area contributed by atoms with Gasteiger partial charge >= 0.3 is 5.97 Å². The van der Waals surface area contributed by atoms with Gasteiger partial charge in [0.1, 0.15) is 10.6 Å². The second-order valence-corrected chi connectivity index (χ2v) is 4.94. The van der Waals surface area contributed by atoms with Crippen LogP contribution in [0, 0.1) is 0 Å². The van der Waals surface area contributed by atoms with Crippen LogP contribution < -0.4 is 4.74 Å². The lowest BCUT2D eigenvalue weighted by Gasteiger charge is -2.00. The van der Waals surface area contributed by atoms with Crippen molar-refractivity contribution in [1.29, 1.82) is 0 Å². The van der Waals surface area contributed by atoms with Crippen molar-refractivity contribution >= 4 is 15.8 Å². The molecule has 0 saturated heterocycles. The zero-order valence-electron chi connectivity index (χ0n) is 7.89. The Kier molecular flexibility index (Phi) is 2.15. The van der Waals surface area contributed by atoms with Crippen molar-refractivity contribution in [2.45, 2.75) is 4.90 Å². The maximum atomic E-state index is 11.4. The molecule has 0 bridgehead atoms. The average Bonchev–Trinajstić information content (AvgIpc) is 2.53. The highest BCUT2D eigenvalue weighted by molar-refractivity contribution is 7.91. The lowest BCUT2D eigenvalue weighted by Crippen LogP contribution is -2.04. The fourth-order valence-electron chi connectivity index (χ4n) is 1.32. The van der Waals surface area contributed by atoms with E-state index in [1.54, 1.807) is 0 Å². The predicted octanol–water partition coefficient (Wildman–Crippen LogP) is 0.597. The Morgan fingerprint density at radius 2 is 2.20 bits per heavy atom. The number of hydrogen-bond acceptors (Lipinski definition) is 5. The summed E-state index contributed by atoms with van der Waals surface area (Å²) >= 11 is 0. The molecular weight excluding hydrogens is 220 g/mol. The summed E-state index contributed by atoms with van der Waals surface area (Å²) in [6.45, 7) is 0. The van der Waals surface area contributed by atoms with Gasteiger partial charge in [-0.2, -0.15) is 0 Å². The Hall–Kier alpha value is -1.56. The van der Waals surface area contributed by atoms with Crippen molar-refractivity contribution in [2.24, 2.45) is 0 Å². The number of carbonyl (C=O) groups is 1. The maximum Gasteiger partial charge on any atom is 0.337 e. The van der Waals surface area contributed by atoms with Crippen molar-refractivity contribution in [3.63, 3.8) is 0 Å². The number of rotatable bonds is 1. The van der Waals surface area contributed by atoms with E-state index in [0.29, 0.717) is 0 Å². The number of sulfone groups is 1. The molecule has 2 rings (SSSR count). The summed E-state index contributed by atoms with van der Waals surface area (Å²) in [5.41, 5.74) is 0.199. The molecule has 1 heterocycles. The average molecular weight is 228 g/mol. The number of ether oxygens (including phenoxy) is 2. The molecule has 1 aromatic rings. The Balaban J connectivity index is 2.56. The number of hydrogen-bond donors (Lipinski definition) is 0. The third-order valence-electron chi connectivity index (χ3n) is 2.07. The molecule has 0 fully saturated rings. The quantitative estimate of drug-likeness (QED) is 0.658. The van der Waals surface area contributed by atoms with Crippen LogP contribution >= 0.6 is 0 Å². The number of carbonyl (C=O) groups excluding carboxylic acids is 1. The Morgan fingerprint density at radius 3 is 2.87 bits per heavy atom. The van der Waals surface area contributed by atoms with Crippen LogP contribution in [0.15, 0.2) is 23.1 Å². The lowest BCUT2D eigenvalue weighted by molar-refractivity contribution is 0.0600. The molecule has 15 heavy (non-hydrogen) atoms. The standard InChI is InChI=1S/C9H8O5S/c1-13-9(10)6-2-3-7-8(4-6)15(11,12)5-14-7/h2-4H,5H2,1H3. The first-order valence-electron chi connectivity index (χ1n) is 4.12. The van der Waals surface area contributed by atoms with Gasteiger partial charge in [-0.1, -0.05) is 0 Å². The van der Waals surface area contributed by atoms with Gasteiger partial charge in [0.15, 0.2) is 5.94 Å². The summed E-state index contributed by atoms with van der Waals surface area (Å²) in [6, 6.07) is 4.18. The van der Waals surface area contributed by atoms with Gasteiger partial charge in [0.25, 0.3) is 0 Å². The molecule has 6 heteroatoms. The van der Waals surface area contributed by atoms with Gasteiger partial charge in [0.05, 0.1) is 12.7 Å². The molecule has 5 nitrogen and oxygen atoms in total. The van der Waals surface area contributed by atoms with Crippen LogP contribution in [0.4, 0.5) is 0 Å². The summed E-state index contributed by atoms with van der Waals surface area (Å²) in [4.78, 5) is 11.2. The zero-order valence-corrected chi connectivity index (χ0v) is 8.71. The number of methoxy groups -OCH3 is 1. The minimum Gasteiger partial charge on any atom is -0.476 e. The Bertz CT molecular complexity index is 517. The van der Waals surface area contributed by atoms with E-state index < -0.39 is 15.8 Å². The first-order chi connectivity index (χ1) is 7.04. The van der Waals surface area contributed by atoms with Crippen molar-refractivity contribution in [3.8, 4) is 5.75 Å². The summed E-state index contributed by atoms with van der Waals surface area (Å²) in [5.74, 6) is -0.657. The largest absolute Gasteiger partial charge is 0.476 e. The minimum atomic E-state index is -3.40. The van der Waals surface area contributed by atoms with Crippen LogP contribution in [-0.4, -0.2) is 27.4 Å². The molecule has 0 spiro atoms. The molecule has 0 aromatic heterocycles. The molecular formula is C9H8O5S. The first-order valence-corrected chi connectivity index (χ1v) is 5.78. The van der Waals surface area contributed by atoms with E-state index >= 15 is 0 Å². The Labute approximate surface area is 86.5 Å². The molecule has 0 radical (unpaired) electrons. The van der Waals surface area contributed by atoms with Crippen LogP contribution in [0.25, 0.3) is 0 Å². The highest BCUT2D eigenvalue weighted by atomic mass is 32.2.